The summed E-state index contributed by atoms with van der Waals surface area (Å²) in [5, 5.41) is 7.72. The van der Waals surface area contributed by atoms with Crippen LogP contribution in [0.25, 0.3) is 0 Å². The highest BCUT2D eigenvalue weighted by Gasteiger charge is 2.46. The van der Waals surface area contributed by atoms with Crippen LogP contribution in [0.5, 0.6) is 0 Å². The van der Waals surface area contributed by atoms with Crippen LogP contribution in [0.1, 0.15) is 29.8 Å². The Morgan fingerprint density at radius 3 is 2.59 bits per heavy atom. The minimum absolute atomic E-state index is 0.157. The minimum Gasteiger partial charge on any atom is -0.363 e. The lowest BCUT2D eigenvalue weighted by Gasteiger charge is -2.33. The van der Waals surface area contributed by atoms with Crippen LogP contribution in [0, 0.1) is 6.92 Å². The highest BCUT2D eigenvalue weighted by Crippen LogP contribution is 2.44. The van der Waals surface area contributed by atoms with Crippen LogP contribution in [-0.2, 0) is 0 Å². The first-order chi connectivity index (χ1) is 10.3. The largest absolute Gasteiger partial charge is 0.410 e. The quantitative estimate of drug-likeness (QED) is 0.770. The first-order valence-electron chi connectivity index (χ1n) is 6.60. The average molecular weight is 350 g/mol. The summed E-state index contributed by atoms with van der Waals surface area (Å²) in [6, 6.07) is 4.27. The SMILES string of the molecule is Cc1cc2n(n1)[C@@H](C(F)(F)F)C[C@@H](c1ccc(Cl)c(Cl)c1)N2. The molecule has 1 N–H and O–H groups in total. The van der Waals surface area contributed by atoms with Crippen molar-refractivity contribution in [2.75, 3.05) is 5.32 Å². The molecule has 1 aromatic carbocycles. The number of nitrogens with zero attached hydrogens (tertiary/aromatic N) is 2. The number of rotatable bonds is 1. The van der Waals surface area contributed by atoms with Gasteiger partial charge in [-0.2, -0.15) is 18.3 Å². The van der Waals surface area contributed by atoms with Crippen LogP contribution >= 0.6 is 23.2 Å². The number of halogens is 5. The molecule has 0 saturated carbocycles. The van der Waals surface area contributed by atoms with Crippen molar-refractivity contribution < 1.29 is 13.2 Å². The van der Waals surface area contributed by atoms with Crippen molar-refractivity contribution >= 4 is 29.0 Å². The summed E-state index contributed by atoms with van der Waals surface area (Å²) in [4.78, 5) is 0. The Morgan fingerprint density at radius 1 is 1.23 bits per heavy atom. The summed E-state index contributed by atoms with van der Waals surface area (Å²) in [5.41, 5.74) is 1.19. The summed E-state index contributed by atoms with van der Waals surface area (Å²) >= 11 is 11.8. The molecule has 2 atom stereocenters. The number of benzene rings is 1. The molecule has 1 aliphatic rings. The van der Waals surface area contributed by atoms with Gasteiger partial charge in [-0.3, -0.25) is 0 Å². The smallest absolute Gasteiger partial charge is 0.363 e. The summed E-state index contributed by atoms with van der Waals surface area (Å²) in [6.45, 7) is 1.66. The van der Waals surface area contributed by atoms with Crippen LogP contribution in [0.3, 0.4) is 0 Å². The Kier molecular flexibility index (Phi) is 3.77. The zero-order chi connectivity index (χ0) is 16.1. The van der Waals surface area contributed by atoms with Crippen LogP contribution < -0.4 is 5.32 Å². The van der Waals surface area contributed by atoms with E-state index in [-0.39, 0.29) is 6.42 Å². The van der Waals surface area contributed by atoms with Crippen LogP contribution in [0.4, 0.5) is 19.0 Å². The van der Waals surface area contributed by atoms with Gasteiger partial charge in [0.25, 0.3) is 0 Å². The molecule has 0 saturated heterocycles. The third-order valence-electron chi connectivity index (χ3n) is 3.66. The van der Waals surface area contributed by atoms with Crippen molar-refractivity contribution in [3.05, 3.63) is 45.6 Å². The second kappa shape index (κ2) is 5.35. The monoisotopic (exact) mass is 349 g/mol. The topological polar surface area (TPSA) is 29.9 Å². The summed E-state index contributed by atoms with van der Waals surface area (Å²) < 4.78 is 41.0. The Balaban J connectivity index is 2.00. The molecule has 8 heteroatoms. The molecule has 0 amide bonds. The van der Waals surface area contributed by atoms with Crippen molar-refractivity contribution in [3.63, 3.8) is 0 Å². The first-order valence-corrected chi connectivity index (χ1v) is 7.35. The lowest BCUT2D eigenvalue weighted by Crippen LogP contribution is -2.35. The normalized spacial score (nSPS) is 21.4. The number of aromatic nitrogens is 2. The van der Waals surface area contributed by atoms with Crippen LogP contribution in [0.15, 0.2) is 24.3 Å². The molecule has 0 aliphatic carbocycles. The number of fused-ring (bicyclic) bond motifs is 1. The van der Waals surface area contributed by atoms with Gasteiger partial charge in [0.1, 0.15) is 5.82 Å². The lowest BCUT2D eigenvalue weighted by atomic mass is 9.97. The predicted octanol–water partition coefficient (Wildman–Crippen LogP) is 5.16. The standard InChI is InChI=1S/C14H12Cl2F3N3/c1-7-4-13-20-11(8-2-3-9(15)10(16)5-8)6-12(14(17,18)19)22(13)21-7/h2-5,11-12,20H,6H2,1H3/t11-,12+/m0/s1. The summed E-state index contributed by atoms with van der Waals surface area (Å²) in [5.74, 6) is 0.349. The predicted molar refractivity (Wildman–Crippen MR) is 79.5 cm³/mol. The molecule has 1 aliphatic heterocycles. The van der Waals surface area contributed by atoms with E-state index in [0.717, 1.165) is 4.68 Å². The second-order valence-corrected chi connectivity index (χ2v) is 6.09. The minimum atomic E-state index is -4.37. The van der Waals surface area contributed by atoms with Crippen molar-refractivity contribution in [1.82, 2.24) is 9.78 Å². The van der Waals surface area contributed by atoms with Gasteiger partial charge in [-0.15, -0.1) is 0 Å². The van der Waals surface area contributed by atoms with E-state index in [9.17, 15) is 13.2 Å². The van der Waals surface area contributed by atoms with E-state index in [0.29, 0.717) is 27.1 Å². The van der Waals surface area contributed by atoms with Gasteiger partial charge < -0.3 is 5.32 Å². The Hall–Kier alpha value is -1.40. The van der Waals surface area contributed by atoms with Gasteiger partial charge >= 0.3 is 6.18 Å². The third-order valence-corrected chi connectivity index (χ3v) is 4.40. The number of anilines is 1. The molecule has 3 rings (SSSR count). The van der Waals surface area contributed by atoms with E-state index >= 15 is 0 Å². The Morgan fingerprint density at radius 2 is 1.95 bits per heavy atom. The Labute approximate surface area is 135 Å². The maximum absolute atomic E-state index is 13.3. The van der Waals surface area contributed by atoms with Crippen molar-refractivity contribution in [1.29, 1.82) is 0 Å². The zero-order valence-corrected chi connectivity index (χ0v) is 13.0. The van der Waals surface area contributed by atoms with Gasteiger partial charge in [0.05, 0.1) is 21.8 Å². The molecule has 0 radical (unpaired) electrons. The van der Waals surface area contributed by atoms with E-state index in [2.05, 4.69) is 10.4 Å². The van der Waals surface area contributed by atoms with E-state index in [1.54, 1.807) is 31.2 Å². The van der Waals surface area contributed by atoms with Crippen molar-refractivity contribution in [2.24, 2.45) is 0 Å². The van der Waals surface area contributed by atoms with Gasteiger partial charge in [0, 0.05) is 12.5 Å². The van der Waals surface area contributed by atoms with Crippen LogP contribution in [-0.4, -0.2) is 16.0 Å². The Bertz CT molecular complexity index is 712. The summed E-state index contributed by atoms with van der Waals surface area (Å²) in [6.07, 6.45) is -4.53. The van der Waals surface area contributed by atoms with Gasteiger partial charge in [0.15, 0.2) is 6.04 Å². The summed E-state index contributed by atoms with van der Waals surface area (Å²) in [7, 11) is 0. The zero-order valence-electron chi connectivity index (χ0n) is 11.5. The molecule has 0 fully saturated rings. The fraction of sp³-hybridized carbons (Fsp3) is 0.357. The van der Waals surface area contributed by atoms with E-state index in [4.69, 9.17) is 23.2 Å². The molecule has 3 nitrogen and oxygen atoms in total. The molecule has 1 aromatic heterocycles. The molecular formula is C14H12Cl2F3N3. The number of hydrogen-bond donors (Lipinski definition) is 1. The van der Waals surface area contributed by atoms with E-state index in [1.165, 1.54) is 0 Å². The fourth-order valence-electron chi connectivity index (χ4n) is 2.64. The number of aryl methyl sites for hydroxylation is 1. The highest BCUT2D eigenvalue weighted by molar-refractivity contribution is 6.42. The lowest BCUT2D eigenvalue weighted by molar-refractivity contribution is -0.173. The molecule has 118 valence electrons. The van der Waals surface area contributed by atoms with Crippen molar-refractivity contribution in [3.8, 4) is 0 Å². The molecule has 0 unspecified atom stereocenters. The molecule has 22 heavy (non-hydrogen) atoms. The van der Waals surface area contributed by atoms with Gasteiger partial charge in [-0.05, 0) is 24.6 Å². The second-order valence-electron chi connectivity index (χ2n) is 5.28. The molecule has 2 aromatic rings. The maximum atomic E-state index is 13.3. The van der Waals surface area contributed by atoms with E-state index in [1.807, 2.05) is 0 Å². The van der Waals surface area contributed by atoms with Gasteiger partial charge in [-0.1, -0.05) is 29.3 Å². The first kappa shape index (κ1) is 15.5. The number of alkyl halides is 3. The number of hydrogen-bond acceptors (Lipinski definition) is 2. The average Bonchev–Trinajstić information content (AvgIpc) is 2.79. The van der Waals surface area contributed by atoms with Crippen LogP contribution in [0.2, 0.25) is 10.0 Å². The van der Waals surface area contributed by atoms with Gasteiger partial charge in [-0.25, -0.2) is 4.68 Å². The highest BCUT2D eigenvalue weighted by atomic mass is 35.5. The van der Waals surface area contributed by atoms with Crippen molar-refractivity contribution in [2.45, 2.75) is 31.6 Å². The fourth-order valence-corrected chi connectivity index (χ4v) is 2.95. The maximum Gasteiger partial charge on any atom is 0.410 e. The molecular weight excluding hydrogens is 338 g/mol. The molecule has 0 bridgehead atoms. The van der Waals surface area contributed by atoms with E-state index < -0.39 is 18.3 Å². The van der Waals surface area contributed by atoms with Gasteiger partial charge in [0.2, 0.25) is 0 Å². The third kappa shape index (κ3) is 2.77. The number of nitrogens with one attached hydrogen (secondary N) is 1. The molecule has 2 heterocycles. The molecule has 0 spiro atoms.